The molecule has 0 aliphatic rings. The van der Waals surface area contributed by atoms with E-state index >= 15 is 0 Å². The normalized spacial score (nSPS) is 10.8. The molecule has 1 N–H and O–H groups in total. The van der Waals surface area contributed by atoms with Crippen molar-refractivity contribution in [3.63, 3.8) is 0 Å². The molecular weight excluding hydrogens is 400 g/mol. The van der Waals surface area contributed by atoms with Crippen molar-refractivity contribution in [3.8, 4) is 23.0 Å². The van der Waals surface area contributed by atoms with E-state index in [-0.39, 0.29) is 5.75 Å². The Bertz CT molecular complexity index is 1090. The summed E-state index contributed by atoms with van der Waals surface area (Å²) >= 11 is 0. The molecule has 166 valence electrons. The maximum Gasteiger partial charge on any atom is 0.161 e. The number of phenolic OH excluding ortho intramolecular Hbond substituents is 1. The molecule has 4 nitrogen and oxygen atoms in total. The standard InChI is InChI=1S/C28H30O4/c1-20(2)10-14-25-23(17-24(29)18-27(25)30-3)13-11-21-12-15-26(28(16-21)31-4)32-19-22-8-6-5-7-9-22/h5-13,15-18,29H,14,19H2,1-4H3. The van der Waals surface area contributed by atoms with Crippen LogP contribution in [0.4, 0.5) is 0 Å². The smallest absolute Gasteiger partial charge is 0.161 e. The van der Waals surface area contributed by atoms with Crippen molar-refractivity contribution in [2.75, 3.05) is 14.2 Å². The van der Waals surface area contributed by atoms with Crippen LogP contribution < -0.4 is 14.2 Å². The van der Waals surface area contributed by atoms with Gasteiger partial charge in [0, 0.05) is 11.6 Å². The molecular formula is C28H30O4. The Morgan fingerprint density at radius 2 is 1.59 bits per heavy atom. The zero-order valence-electron chi connectivity index (χ0n) is 19.1. The molecule has 0 aromatic heterocycles. The van der Waals surface area contributed by atoms with Crippen molar-refractivity contribution < 1.29 is 19.3 Å². The molecule has 0 amide bonds. The molecule has 0 saturated carbocycles. The number of hydrogen-bond acceptors (Lipinski definition) is 4. The second kappa shape index (κ2) is 11.1. The molecule has 0 saturated heterocycles. The van der Waals surface area contributed by atoms with Crippen LogP contribution in [-0.2, 0) is 13.0 Å². The maximum absolute atomic E-state index is 10.1. The van der Waals surface area contributed by atoms with Gasteiger partial charge in [0.15, 0.2) is 11.5 Å². The first-order chi connectivity index (χ1) is 15.5. The topological polar surface area (TPSA) is 47.9 Å². The molecule has 0 unspecified atom stereocenters. The lowest BCUT2D eigenvalue weighted by Crippen LogP contribution is -1.97. The summed E-state index contributed by atoms with van der Waals surface area (Å²) in [6.45, 7) is 4.61. The lowest BCUT2D eigenvalue weighted by molar-refractivity contribution is 0.284. The summed E-state index contributed by atoms with van der Waals surface area (Å²) in [6, 6.07) is 19.3. The third-order valence-electron chi connectivity index (χ3n) is 5.04. The van der Waals surface area contributed by atoms with Gasteiger partial charge in [-0.05, 0) is 55.2 Å². The van der Waals surface area contributed by atoms with E-state index in [1.54, 1.807) is 26.4 Å². The van der Waals surface area contributed by atoms with Gasteiger partial charge in [0.05, 0.1) is 14.2 Å². The molecule has 0 radical (unpaired) electrons. The number of rotatable bonds is 9. The van der Waals surface area contributed by atoms with E-state index < -0.39 is 0 Å². The minimum absolute atomic E-state index is 0.171. The number of methoxy groups -OCH3 is 2. The first kappa shape index (κ1) is 23.0. The van der Waals surface area contributed by atoms with Gasteiger partial charge in [-0.25, -0.2) is 0 Å². The van der Waals surface area contributed by atoms with E-state index in [4.69, 9.17) is 14.2 Å². The molecule has 0 atom stereocenters. The van der Waals surface area contributed by atoms with Gasteiger partial charge >= 0.3 is 0 Å². The predicted molar refractivity (Wildman–Crippen MR) is 130 cm³/mol. The van der Waals surface area contributed by atoms with Crippen molar-refractivity contribution >= 4 is 12.2 Å². The highest BCUT2D eigenvalue weighted by molar-refractivity contribution is 5.74. The van der Waals surface area contributed by atoms with Crippen LogP contribution in [0, 0.1) is 0 Å². The monoisotopic (exact) mass is 430 g/mol. The number of allylic oxidation sites excluding steroid dienone is 2. The highest BCUT2D eigenvalue weighted by Gasteiger charge is 2.10. The summed E-state index contributed by atoms with van der Waals surface area (Å²) in [5.74, 6) is 2.20. The molecule has 3 rings (SSSR count). The van der Waals surface area contributed by atoms with E-state index in [2.05, 4.69) is 19.9 Å². The van der Waals surface area contributed by atoms with Crippen molar-refractivity contribution in [2.45, 2.75) is 26.9 Å². The summed E-state index contributed by atoms with van der Waals surface area (Å²) in [5.41, 5.74) is 5.22. The SMILES string of the molecule is COc1cc(C=Cc2cc(O)cc(OC)c2CC=C(C)C)ccc1OCc1ccccc1. The quantitative estimate of drug-likeness (QED) is 0.304. The van der Waals surface area contributed by atoms with Gasteiger partial charge in [-0.2, -0.15) is 0 Å². The fourth-order valence-electron chi connectivity index (χ4n) is 3.34. The fraction of sp³-hybridized carbons (Fsp3) is 0.214. The Morgan fingerprint density at radius 3 is 2.28 bits per heavy atom. The van der Waals surface area contributed by atoms with Crippen LogP contribution in [0.2, 0.25) is 0 Å². The van der Waals surface area contributed by atoms with Gasteiger partial charge in [0.2, 0.25) is 0 Å². The Kier molecular flexibility index (Phi) is 7.98. The molecule has 0 fully saturated rings. The average Bonchev–Trinajstić information content (AvgIpc) is 2.80. The van der Waals surface area contributed by atoms with Crippen molar-refractivity contribution in [2.24, 2.45) is 0 Å². The highest BCUT2D eigenvalue weighted by atomic mass is 16.5. The molecule has 32 heavy (non-hydrogen) atoms. The first-order valence-corrected chi connectivity index (χ1v) is 10.6. The summed E-state index contributed by atoms with van der Waals surface area (Å²) in [5, 5.41) is 10.1. The number of hydrogen-bond donors (Lipinski definition) is 1. The third-order valence-corrected chi connectivity index (χ3v) is 5.04. The average molecular weight is 431 g/mol. The maximum atomic E-state index is 10.1. The van der Waals surface area contributed by atoms with Crippen LogP contribution in [0.3, 0.4) is 0 Å². The zero-order valence-corrected chi connectivity index (χ0v) is 19.1. The lowest BCUT2D eigenvalue weighted by Gasteiger charge is -2.13. The molecule has 4 heteroatoms. The van der Waals surface area contributed by atoms with E-state index in [1.807, 2.05) is 60.7 Å². The summed E-state index contributed by atoms with van der Waals surface area (Å²) in [4.78, 5) is 0. The number of aromatic hydroxyl groups is 1. The Hall–Kier alpha value is -3.66. The zero-order chi connectivity index (χ0) is 22.9. The van der Waals surface area contributed by atoms with Crippen LogP contribution in [-0.4, -0.2) is 19.3 Å². The Balaban J connectivity index is 1.84. The highest BCUT2D eigenvalue weighted by Crippen LogP contribution is 2.32. The van der Waals surface area contributed by atoms with E-state index in [1.165, 1.54) is 5.57 Å². The summed E-state index contributed by atoms with van der Waals surface area (Å²) in [7, 11) is 3.25. The summed E-state index contributed by atoms with van der Waals surface area (Å²) in [6.07, 6.45) is 6.84. The predicted octanol–water partition coefficient (Wildman–Crippen LogP) is 6.67. The molecule has 0 aliphatic carbocycles. The van der Waals surface area contributed by atoms with Gasteiger partial charge in [0.1, 0.15) is 18.1 Å². The van der Waals surface area contributed by atoms with Crippen molar-refractivity contribution in [1.82, 2.24) is 0 Å². The minimum Gasteiger partial charge on any atom is -0.508 e. The minimum atomic E-state index is 0.171. The molecule has 0 spiro atoms. The number of benzene rings is 3. The molecule has 0 bridgehead atoms. The Labute approximate surface area is 190 Å². The molecule has 0 aliphatic heterocycles. The largest absolute Gasteiger partial charge is 0.508 e. The van der Waals surface area contributed by atoms with Gasteiger partial charge in [-0.3, -0.25) is 0 Å². The summed E-state index contributed by atoms with van der Waals surface area (Å²) < 4.78 is 17.0. The van der Waals surface area contributed by atoms with E-state index in [9.17, 15) is 5.11 Å². The van der Waals surface area contributed by atoms with Crippen LogP contribution in [0.5, 0.6) is 23.0 Å². The van der Waals surface area contributed by atoms with Crippen LogP contribution in [0.15, 0.2) is 72.3 Å². The molecule has 0 heterocycles. The van der Waals surface area contributed by atoms with Crippen molar-refractivity contribution in [3.05, 3.63) is 94.6 Å². The van der Waals surface area contributed by atoms with Gasteiger partial charge in [0.25, 0.3) is 0 Å². The Morgan fingerprint density at radius 1 is 0.844 bits per heavy atom. The number of phenols is 1. The van der Waals surface area contributed by atoms with E-state index in [0.29, 0.717) is 23.9 Å². The van der Waals surface area contributed by atoms with Gasteiger partial charge in [-0.1, -0.05) is 60.2 Å². The molecule has 3 aromatic rings. The van der Waals surface area contributed by atoms with Gasteiger partial charge < -0.3 is 19.3 Å². The van der Waals surface area contributed by atoms with Crippen molar-refractivity contribution in [1.29, 1.82) is 0 Å². The second-order valence-corrected chi connectivity index (χ2v) is 7.72. The van der Waals surface area contributed by atoms with Crippen LogP contribution >= 0.6 is 0 Å². The molecule has 3 aromatic carbocycles. The second-order valence-electron chi connectivity index (χ2n) is 7.72. The van der Waals surface area contributed by atoms with Crippen LogP contribution in [0.25, 0.3) is 12.2 Å². The van der Waals surface area contributed by atoms with Crippen LogP contribution in [0.1, 0.15) is 36.1 Å². The van der Waals surface area contributed by atoms with E-state index in [0.717, 1.165) is 28.7 Å². The van der Waals surface area contributed by atoms with Gasteiger partial charge in [-0.15, -0.1) is 0 Å². The number of ether oxygens (including phenoxy) is 3. The first-order valence-electron chi connectivity index (χ1n) is 10.6. The fourth-order valence-corrected chi connectivity index (χ4v) is 3.34. The lowest BCUT2D eigenvalue weighted by atomic mass is 10.00. The third kappa shape index (κ3) is 6.17.